The van der Waals surface area contributed by atoms with Crippen molar-refractivity contribution in [3.05, 3.63) is 0 Å². The van der Waals surface area contributed by atoms with Crippen molar-refractivity contribution in [3.8, 4) is 0 Å². The first kappa shape index (κ1) is 11.1. The molecule has 1 heterocycles. The summed E-state index contributed by atoms with van der Waals surface area (Å²) in [6.07, 6.45) is 4.46. The van der Waals surface area contributed by atoms with Crippen molar-refractivity contribution in [2.45, 2.75) is 58.2 Å². The van der Waals surface area contributed by atoms with Gasteiger partial charge >= 0.3 is 0 Å². The van der Waals surface area contributed by atoms with Crippen LogP contribution in [-0.2, 0) is 9.53 Å². The molecule has 2 heteroatoms. The average molecular weight is 210 g/mol. The van der Waals surface area contributed by atoms with Crippen LogP contribution < -0.4 is 0 Å². The monoisotopic (exact) mass is 210 g/mol. The quantitative estimate of drug-likeness (QED) is 0.655. The van der Waals surface area contributed by atoms with E-state index in [4.69, 9.17) is 4.74 Å². The molecule has 0 spiro atoms. The SMILES string of the molecule is CC1(C)CC(C2CC2C=O)CC(C)(C)O1. The first-order chi connectivity index (χ1) is 6.83. The number of rotatable bonds is 2. The molecule has 1 aliphatic heterocycles. The van der Waals surface area contributed by atoms with Crippen LogP contribution in [0.25, 0.3) is 0 Å². The summed E-state index contributed by atoms with van der Waals surface area (Å²) in [5.74, 6) is 1.67. The van der Waals surface area contributed by atoms with Gasteiger partial charge in [0.15, 0.2) is 0 Å². The highest BCUT2D eigenvalue weighted by atomic mass is 16.5. The molecule has 1 saturated carbocycles. The van der Waals surface area contributed by atoms with Crippen molar-refractivity contribution in [2.24, 2.45) is 17.8 Å². The van der Waals surface area contributed by atoms with E-state index in [0.29, 0.717) is 17.8 Å². The van der Waals surface area contributed by atoms with Crippen LogP contribution in [0, 0.1) is 17.8 Å². The van der Waals surface area contributed by atoms with E-state index in [1.165, 1.54) is 0 Å². The Balaban J connectivity index is 2.04. The van der Waals surface area contributed by atoms with Gasteiger partial charge in [0.2, 0.25) is 0 Å². The van der Waals surface area contributed by atoms with Crippen LogP contribution in [0.5, 0.6) is 0 Å². The lowest BCUT2D eigenvalue weighted by molar-refractivity contribution is -0.175. The Morgan fingerprint density at radius 1 is 1.13 bits per heavy atom. The van der Waals surface area contributed by atoms with Crippen LogP contribution in [0.1, 0.15) is 47.0 Å². The van der Waals surface area contributed by atoms with E-state index in [1.807, 2.05) is 0 Å². The zero-order valence-electron chi connectivity index (χ0n) is 10.2. The van der Waals surface area contributed by atoms with Crippen molar-refractivity contribution in [2.75, 3.05) is 0 Å². The molecule has 1 aliphatic carbocycles. The van der Waals surface area contributed by atoms with E-state index < -0.39 is 0 Å². The summed E-state index contributed by atoms with van der Waals surface area (Å²) in [4.78, 5) is 10.7. The highest BCUT2D eigenvalue weighted by Crippen LogP contribution is 2.52. The highest BCUT2D eigenvalue weighted by molar-refractivity contribution is 5.58. The van der Waals surface area contributed by atoms with Crippen LogP contribution in [-0.4, -0.2) is 17.5 Å². The summed E-state index contributed by atoms with van der Waals surface area (Å²) in [6, 6.07) is 0. The molecular weight excluding hydrogens is 188 g/mol. The number of carbonyl (C=O) groups is 1. The van der Waals surface area contributed by atoms with Crippen LogP contribution in [0.3, 0.4) is 0 Å². The number of carbonyl (C=O) groups excluding carboxylic acids is 1. The van der Waals surface area contributed by atoms with Crippen molar-refractivity contribution < 1.29 is 9.53 Å². The van der Waals surface area contributed by atoms with Gasteiger partial charge in [0.25, 0.3) is 0 Å². The Morgan fingerprint density at radius 2 is 1.67 bits per heavy atom. The van der Waals surface area contributed by atoms with Crippen LogP contribution >= 0.6 is 0 Å². The zero-order chi connectivity index (χ0) is 11.3. The Hall–Kier alpha value is -0.370. The smallest absolute Gasteiger partial charge is 0.123 e. The summed E-state index contributed by atoms with van der Waals surface area (Å²) < 4.78 is 6.05. The minimum atomic E-state index is -0.0254. The maximum absolute atomic E-state index is 10.7. The predicted molar refractivity (Wildman–Crippen MR) is 59.6 cm³/mol. The summed E-state index contributed by atoms with van der Waals surface area (Å²) in [5, 5.41) is 0. The van der Waals surface area contributed by atoms with Gasteiger partial charge in [-0.05, 0) is 58.8 Å². The average Bonchev–Trinajstić information content (AvgIpc) is 2.75. The molecule has 2 fully saturated rings. The predicted octanol–water partition coefficient (Wildman–Crippen LogP) is 2.81. The number of hydrogen-bond donors (Lipinski definition) is 0. The second-order valence-corrected chi connectivity index (χ2v) is 6.49. The van der Waals surface area contributed by atoms with Gasteiger partial charge in [-0.1, -0.05) is 0 Å². The highest BCUT2D eigenvalue weighted by Gasteiger charge is 2.49. The van der Waals surface area contributed by atoms with E-state index in [-0.39, 0.29) is 11.2 Å². The lowest BCUT2D eigenvalue weighted by Crippen LogP contribution is -2.45. The fourth-order valence-electron chi connectivity index (χ4n) is 3.40. The lowest BCUT2D eigenvalue weighted by atomic mass is 9.78. The Kier molecular flexibility index (Phi) is 2.45. The molecule has 0 aromatic rings. The van der Waals surface area contributed by atoms with E-state index in [1.54, 1.807) is 0 Å². The summed E-state index contributed by atoms with van der Waals surface area (Å²) in [6.45, 7) is 8.66. The van der Waals surface area contributed by atoms with Crippen molar-refractivity contribution in [3.63, 3.8) is 0 Å². The molecule has 0 N–H and O–H groups in total. The van der Waals surface area contributed by atoms with Gasteiger partial charge in [0.05, 0.1) is 11.2 Å². The number of aldehydes is 1. The molecule has 2 unspecified atom stereocenters. The van der Waals surface area contributed by atoms with E-state index in [0.717, 1.165) is 25.5 Å². The van der Waals surface area contributed by atoms with Gasteiger partial charge in [0, 0.05) is 5.92 Å². The molecule has 2 rings (SSSR count). The third kappa shape index (κ3) is 2.41. The number of hydrogen-bond acceptors (Lipinski definition) is 2. The molecule has 0 radical (unpaired) electrons. The lowest BCUT2D eigenvalue weighted by Gasteiger charge is -2.45. The van der Waals surface area contributed by atoms with Crippen molar-refractivity contribution in [1.29, 1.82) is 0 Å². The van der Waals surface area contributed by atoms with Crippen LogP contribution in [0.2, 0.25) is 0 Å². The molecule has 0 amide bonds. The minimum absolute atomic E-state index is 0.0254. The van der Waals surface area contributed by atoms with Crippen molar-refractivity contribution >= 4 is 6.29 Å². The van der Waals surface area contributed by atoms with Gasteiger partial charge in [-0.25, -0.2) is 0 Å². The summed E-state index contributed by atoms with van der Waals surface area (Å²) >= 11 is 0. The maximum Gasteiger partial charge on any atom is 0.123 e. The second kappa shape index (κ2) is 3.31. The molecule has 1 saturated heterocycles. The first-order valence-electron chi connectivity index (χ1n) is 5.98. The molecule has 0 aromatic heterocycles. The fraction of sp³-hybridized carbons (Fsp3) is 0.923. The minimum Gasteiger partial charge on any atom is -0.370 e. The molecule has 0 aromatic carbocycles. The molecule has 2 nitrogen and oxygen atoms in total. The molecule has 2 atom stereocenters. The molecular formula is C13H22O2. The Morgan fingerprint density at radius 3 is 2.07 bits per heavy atom. The number of ether oxygens (including phenoxy) is 1. The van der Waals surface area contributed by atoms with Gasteiger partial charge < -0.3 is 9.53 Å². The van der Waals surface area contributed by atoms with Crippen LogP contribution in [0.4, 0.5) is 0 Å². The summed E-state index contributed by atoms with van der Waals surface area (Å²) in [5.41, 5.74) is -0.0507. The molecule has 15 heavy (non-hydrogen) atoms. The Bertz CT molecular complexity index is 252. The maximum atomic E-state index is 10.7. The van der Waals surface area contributed by atoms with E-state index in [2.05, 4.69) is 27.7 Å². The van der Waals surface area contributed by atoms with Crippen LogP contribution in [0.15, 0.2) is 0 Å². The zero-order valence-corrected chi connectivity index (χ0v) is 10.2. The van der Waals surface area contributed by atoms with E-state index >= 15 is 0 Å². The molecule has 0 bridgehead atoms. The standard InChI is InChI=1S/C13H22O2/c1-12(2)6-10(7-13(3,4)15-12)11-5-9(11)8-14/h8-11H,5-7H2,1-4H3. The van der Waals surface area contributed by atoms with Crippen molar-refractivity contribution in [1.82, 2.24) is 0 Å². The van der Waals surface area contributed by atoms with Gasteiger partial charge in [-0.2, -0.15) is 0 Å². The molecule has 2 aliphatic rings. The fourth-order valence-corrected chi connectivity index (χ4v) is 3.40. The van der Waals surface area contributed by atoms with Gasteiger partial charge in [-0.3, -0.25) is 0 Å². The van der Waals surface area contributed by atoms with E-state index in [9.17, 15) is 4.79 Å². The van der Waals surface area contributed by atoms with Gasteiger partial charge in [-0.15, -0.1) is 0 Å². The topological polar surface area (TPSA) is 26.3 Å². The normalized spacial score (nSPS) is 38.7. The largest absolute Gasteiger partial charge is 0.370 e. The second-order valence-electron chi connectivity index (χ2n) is 6.49. The van der Waals surface area contributed by atoms with Gasteiger partial charge in [0.1, 0.15) is 6.29 Å². The Labute approximate surface area is 92.4 Å². The molecule has 86 valence electrons. The summed E-state index contributed by atoms with van der Waals surface area (Å²) in [7, 11) is 0. The third-order valence-electron chi connectivity index (χ3n) is 3.73. The third-order valence-corrected chi connectivity index (χ3v) is 3.73. The first-order valence-corrected chi connectivity index (χ1v) is 5.98.